The number of hydrogen-bond donors (Lipinski definition) is 1. The van der Waals surface area contributed by atoms with Crippen molar-refractivity contribution in [3.05, 3.63) is 18.3 Å². The van der Waals surface area contributed by atoms with E-state index < -0.39 is 10.0 Å². The highest BCUT2D eigenvalue weighted by Crippen LogP contribution is 2.28. The Morgan fingerprint density at radius 2 is 2.06 bits per heavy atom. The molecule has 2 rings (SSSR count). The number of nitrogens with one attached hydrogen (secondary N) is 1. The lowest BCUT2D eigenvalue weighted by Gasteiger charge is -2.23. The van der Waals surface area contributed by atoms with E-state index in [1.54, 1.807) is 26.2 Å². The Morgan fingerprint density at radius 1 is 1.39 bits per heavy atom. The first-order valence-electron chi connectivity index (χ1n) is 6.18. The SMILES string of the molecule is CNc1cccnc1S(=O)(=O)N(C)C1CCCC1. The predicted molar refractivity (Wildman–Crippen MR) is 71.0 cm³/mol. The molecule has 5 nitrogen and oxygen atoms in total. The highest BCUT2D eigenvalue weighted by atomic mass is 32.2. The maximum absolute atomic E-state index is 12.5. The molecule has 6 heteroatoms. The Labute approximate surface area is 108 Å². The van der Waals surface area contributed by atoms with Crippen LogP contribution in [-0.4, -0.2) is 37.8 Å². The summed E-state index contributed by atoms with van der Waals surface area (Å²) < 4.78 is 26.5. The second-order valence-electron chi connectivity index (χ2n) is 4.57. The third kappa shape index (κ3) is 2.35. The van der Waals surface area contributed by atoms with Gasteiger partial charge < -0.3 is 5.32 Å². The van der Waals surface area contributed by atoms with Crippen LogP contribution in [0.1, 0.15) is 25.7 Å². The van der Waals surface area contributed by atoms with Crippen LogP contribution in [0.3, 0.4) is 0 Å². The molecule has 1 saturated carbocycles. The first-order valence-corrected chi connectivity index (χ1v) is 7.62. The van der Waals surface area contributed by atoms with Crippen LogP contribution in [0.5, 0.6) is 0 Å². The van der Waals surface area contributed by atoms with Gasteiger partial charge in [-0.2, -0.15) is 4.31 Å². The summed E-state index contributed by atoms with van der Waals surface area (Å²) in [5.41, 5.74) is 0.544. The van der Waals surface area contributed by atoms with Crippen LogP contribution in [0, 0.1) is 0 Å². The molecule has 100 valence electrons. The van der Waals surface area contributed by atoms with E-state index in [-0.39, 0.29) is 11.1 Å². The summed E-state index contributed by atoms with van der Waals surface area (Å²) in [6.45, 7) is 0. The molecule has 18 heavy (non-hydrogen) atoms. The molecule has 1 fully saturated rings. The molecule has 1 N–H and O–H groups in total. The largest absolute Gasteiger partial charge is 0.386 e. The Kier molecular flexibility index (Phi) is 3.87. The third-order valence-corrected chi connectivity index (χ3v) is 5.37. The molecule has 1 aromatic heterocycles. The summed E-state index contributed by atoms with van der Waals surface area (Å²) in [5, 5.41) is 2.99. The molecular weight excluding hydrogens is 250 g/mol. The van der Waals surface area contributed by atoms with Crippen LogP contribution in [0.2, 0.25) is 0 Å². The van der Waals surface area contributed by atoms with E-state index in [2.05, 4.69) is 10.3 Å². The monoisotopic (exact) mass is 269 g/mol. The summed E-state index contributed by atoms with van der Waals surface area (Å²) in [5.74, 6) is 0. The molecule has 0 bridgehead atoms. The van der Waals surface area contributed by atoms with Gasteiger partial charge in [-0.15, -0.1) is 0 Å². The summed E-state index contributed by atoms with van der Waals surface area (Å²) in [4.78, 5) is 4.02. The number of anilines is 1. The van der Waals surface area contributed by atoms with Crippen LogP contribution < -0.4 is 5.32 Å². The Hall–Kier alpha value is -1.14. The molecule has 0 aromatic carbocycles. The second-order valence-corrected chi connectivity index (χ2v) is 6.48. The van der Waals surface area contributed by atoms with Gasteiger partial charge in [0.2, 0.25) is 0 Å². The maximum atomic E-state index is 12.5. The number of nitrogens with zero attached hydrogens (tertiary/aromatic N) is 2. The van der Waals surface area contributed by atoms with E-state index in [0.717, 1.165) is 25.7 Å². The van der Waals surface area contributed by atoms with E-state index in [4.69, 9.17) is 0 Å². The Bertz CT molecular complexity index is 510. The molecule has 0 amide bonds. The van der Waals surface area contributed by atoms with Crippen molar-refractivity contribution in [3.8, 4) is 0 Å². The van der Waals surface area contributed by atoms with Crippen molar-refractivity contribution in [2.45, 2.75) is 36.8 Å². The van der Waals surface area contributed by atoms with Gasteiger partial charge in [0.15, 0.2) is 5.03 Å². The lowest BCUT2D eigenvalue weighted by molar-refractivity contribution is 0.372. The van der Waals surface area contributed by atoms with Gasteiger partial charge in [-0.05, 0) is 25.0 Å². The quantitative estimate of drug-likeness (QED) is 0.903. The lowest BCUT2D eigenvalue weighted by atomic mass is 10.3. The molecule has 1 heterocycles. The summed E-state index contributed by atoms with van der Waals surface area (Å²) in [7, 11) is -0.153. The molecule has 0 spiro atoms. The maximum Gasteiger partial charge on any atom is 0.262 e. The number of pyridine rings is 1. The van der Waals surface area contributed by atoms with Crippen LogP contribution in [0.25, 0.3) is 0 Å². The van der Waals surface area contributed by atoms with E-state index in [1.807, 2.05) is 0 Å². The van der Waals surface area contributed by atoms with Gasteiger partial charge in [0.25, 0.3) is 10.0 Å². The zero-order chi connectivity index (χ0) is 13.2. The van der Waals surface area contributed by atoms with Crippen molar-refractivity contribution < 1.29 is 8.42 Å². The molecule has 0 radical (unpaired) electrons. The minimum absolute atomic E-state index is 0.113. The van der Waals surface area contributed by atoms with E-state index in [9.17, 15) is 8.42 Å². The molecule has 0 aliphatic heterocycles. The first kappa shape index (κ1) is 13.3. The fourth-order valence-corrected chi connectivity index (χ4v) is 3.91. The highest BCUT2D eigenvalue weighted by molar-refractivity contribution is 7.89. The second kappa shape index (κ2) is 5.24. The van der Waals surface area contributed by atoms with Crippen LogP contribution >= 0.6 is 0 Å². The van der Waals surface area contributed by atoms with Gasteiger partial charge in [-0.25, -0.2) is 13.4 Å². The molecule has 0 saturated heterocycles. The Morgan fingerprint density at radius 3 is 2.67 bits per heavy atom. The van der Waals surface area contributed by atoms with Crippen molar-refractivity contribution in [2.24, 2.45) is 0 Å². The molecule has 0 atom stereocenters. The minimum atomic E-state index is -3.51. The summed E-state index contributed by atoms with van der Waals surface area (Å²) >= 11 is 0. The van der Waals surface area contributed by atoms with E-state index >= 15 is 0 Å². The number of aromatic nitrogens is 1. The van der Waals surface area contributed by atoms with Gasteiger partial charge >= 0.3 is 0 Å². The lowest BCUT2D eigenvalue weighted by Crippen LogP contribution is -2.36. The van der Waals surface area contributed by atoms with Gasteiger partial charge in [-0.1, -0.05) is 12.8 Å². The van der Waals surface area contributed by atoms with Crippen molar-refractivity contribution in [2.75, 3.05) is 19.4 Å². The van der Waals surface area contributed by atoms with Gasteiger partial charge in [0.05, 0.1) is 5.69 Å². The van der Waals surface area contributed by atoms with Crippen LogP contribution in [0.4, 0.5) is 5.69 Å². The number of hydrogen-bond acceptors (Lipinski definition) is 4. The predicted octanol–water partition coefficient (Wildman–Crippen LogP) is 1.69. The summed E-state index contributed by atoms with van der Waals surface area (Å²) in [6.07, 6.45) is 5.60. The van der Waals surface area contributed by atoms with Crippen molar-refractivity contribution >= 4 is 15.7 Å². The first-order chi connectivity index (χ1) is 8.57. The standard InChI is InChI=1S/C12H19N3O2S/c1-13-11-8-5-9-14-12(11)18(16,17)15(2)10-6-3-4-7-10/h5,8-10,13H,3-4,6-7H2,1-2H3. The van der Waals surface area contributed by atoms with E-state index in [1.165, 1.54) is 10.5 Å². The smallest absolute Gasteiger partial charge is 0.262 e. The van der Waals surface area contributed by atoms with Gasteiger partial charge in [0, 0.05) is 26.3 Å². The van der Waals surface area contributed by atoms with Crippen molar-refractivity contribution in [1.82, 2.24) is 9.29 Å². The van der Waals surface area contributed by atoms with Gasteiger partial charge in [0.1, 0.15) is 0 Å². The summed E-state index contributed by atoms with van der Waals surface area (Å²) in [6, 6.07) is 3.56. The number of sulfonamides is 1. The fraction of sp³-hybridized carbons (Fsp3) is 0.583. The number of rotatable bonds is 4. The fourth-order valence-electron chi connectivity index (χ4n) is 2.39. The molecule has 0 unspecified atom stereocenters. The third-order valence-electron chi connectivity index (χ3n) is 3.50. The normalized spacial score (nSPS) is 17.3. The highest BCUT2D eigenvalue weighted by Gasteiger charge is 2.32. The zero-order valence-corrected chi connectivity index (χ0v) is 11.6. The molecule has 1 aromatic rings. The van der Waals surface area contributed by atoms with Crippen molar-refractivity contribution in [1.29, 1.82) is 0 Å². The average Bonchev–Trinajstić information content (AvgIpc) is 2.91. The van der Waals surface area contributed by atoms with Gasteiger partial charge in [-0.3, -0.25) is 0 Å². The molecule has 1 aliphatic rings. The minimum Gasteiger partial charge on any atom is -0.386 e. The topological polar surface area (TPSA) is 62.3 Å². The average molecular weight is 269 g/mol. The molecule has 1 aliphatic carbocycles. The Balaban J connectivity index is 2.35. The zero-order valence-electron chi connectivity index (χ0n) is 10.8. The molecular formula is C12H19N3O2S. The van der Waals surface area contributed by atoms with Crippen molar-refractivity contribution in [3.63, 3.8) is 0 Å². The van der Waals surface area contributed by atoms with E-state index in [0.29, 0.717) is 5.69 Å². The van der Waals surface area contributed by atoms with Crippen LogP contribution in [0.15, 0.2) is 23.4 Å². The van der Waals surface area contributed by atoms with Crippen LogP contribution in [-0.2, 0) is 10.0 Å².